The number of carboxylic acids is 1. The highest BCUT2D eigenvalue weighted by Crippen LogP contribution is 2.29. The number of nitrogens with two attached hydrogens (primary N) is 1. The molecular formula is C16H17N2O5S-. The van der Waals surface area contributed by atoms with Crippen LogP contribution in [0, 0.1) is 0 Å². The number of methoxy groups -OCH3 is 1. The van der Waals surface area contributed by atoms with Crippen LogP contribution in [0.1, 0.15) is 5.56 Å². The van der Waals surface area contributed by atoms with Gasteiger partial charge in [0, 0.05) is 6.07 Å². The zero-order chi connectivity index (χ0) is 17.7. The Kier molecular flexibility index (Phi) is 5.91. The molecule has 0 aliphatic heterocycles. The molecular weight excluding hydrogens is 332 g/mol. The number of ether oxygens (including phenoxy) is 1. The monoisotopic (exact) mass is 349 g/mol. The lowest BCUT2D eigenvalue weighted by molar-refractivity contribution is -0.138. The maximum Gasteiger partial charge on any atom is 0.320 e. The summed E-state index contributed by atoms with van der Waals surface area (Å²) in [5.41, 5.74) is 7.05. The molecule has 0 spiro atoms. The first-order chi connectivity index (χ1) is 11.4. The molecule has 7 nitrogen and oxygen atoms in total. The summed E-state index contributed by atoms with van der Waals surface area (Å²) in [6, 6.07) is 12.1. The Hall–Kier alpha value is -2.42. The van der Waals surface area contributed by atoms with Crippen LogP contribution in [0.3, 0.4) is 0 Å². The molecule has 0 saturated carbocycles. The standard InChI is InChI=1S/C16H18N2O5S/c1-23-14-4-2-3-13(10-14)18(24(21)22)12-7-5-11(6-8-12)9-15(17)16(19)20/h2-8,10,15H,9,17H2,1H3,(H,19,20)(H,21,22)/p-1/t15-/m0/s1. The molecule has 0 amide bonds. The number of aliphatic carboxylic acids is 1. The summed E-state index contributed by atoms with van der Waals surface area (Å²) >= 11 is -2.53. The molecule has 0 heterocycles. The number of carbonyl (C=O) groups is 1. The Labute approximate surface area is 142 Å². The van der Waals surface area contributed by atoms with E-state index in [4.69, 9.17) is 15.6 Å². The van der Waals surface area contributed by atoms with E-state index in [-0.39, 0.29) is 6.42 Å². The lowest BCUT2D eigenvalue weighted by Gasteiger charge is -2.27. The van der Waals surface area contributed by atoms with Crippen LogP contribution < -0.4 is 14.8 Å². The zero-order valence-corrected chi connectivity index (χ0v) is 13.7. The fourth-order valence-corrected chi connectivity index (χ4v) is 2.75. The highest BCUT2D eigenvalue weighted by molar-refractivity contribution is 7.81. The number of benzene rings is 2. The lowest BCUT2D eigenvalue weighted by atomic mass is 10.1. The summed E-state index contributed by atoms with van der Waals surface area (Å²) in [7, 11) is 1.50. The summed E-state index contributed by atoms with van der Waals surface area (Å²) < 4.78 is 29.5. The van der Waals surface area contributed by atoms with Gasteiger partial charge in [0.2, 0.25) is 0 Å². The van der Waals surface area contributed by atoms with Gasteiger partial charge in [-0.25, -0.2) is 0 Å². The molecule has 2 atom stereocenters. The Morgan fingerprint density at radius 3 is 2.50 bits per heavy atom. The summed E-state index contributed by atoms with van der Waals surface area (Å²) in [6.45, 7) is 0. The van der Waals surface area contributed by atoms with Gasteiger partial charge in [-0.05, 0) is 36.2 Å². The summed E-state index contributed by atoms with van der Waals surface area (Å²) in [5, 5.41) is 8.83. The molecule has 3 N–H and O–H groups in total. The van der Waals surface area contributed by atoms with Crippen molar-refractivity contribution in [3.8, 4) is 5.75 Å². The van der Waals surface area contributed by atoms with E-state index >= 15 is 0 Å². The van der Waals surface area contributed by atoms with Gasteiger partial charge < -0.3 is 20.1 Å². The normalized spacial score (nSPS) is 13.1. The van der Waals surface area contributed by atoms with Crippen LogP contribution in [-0.2, 0) is 22.5 Å². The first-order valence-corrected chi connectivity index (χ1v) is 8.06. The first kappa shape index (κ1) is 17.9. The molecule has 0 bridgehead atoms. The smallest absolute Gasteiger partial charge is 0.320 e. The van der Waals surface area contributed by atoms with Gasteiger partial charge in [-0.3, -0.25) is 13.3 Å². The predicted octanol–water partition coefficient (Wildman–Crippen LogP) is 1.58. The minimum Gasteiger partial charge on any atom is -0.755 e. The van der Waals surface area contributed by atoms with Crippen molar-refractivity contribution in [2.45, 2.75) is 12.5 Å². The largest absolute Gasteiger partial charge is 0.755 e. The van der Waals surface area contributed by atoms with Crippen molar-refractivity contribution < 1.29 is 23.4 Å². The molecule has 0 aliphatic rings. The molecule has 0 aromatic heterocycles. The van der Waals surface area contributed by atoms with Gasteiger partial charge in [-0.2, -0.15) is 0 Å². The van der Waals surface area contributed by atoms with Gasteiger partial charge in [0.25, 0.3) is 0 Å². The second-order valence-electron chi connectivity index (χ2n) is 5.03. The van der Waals surface area contributed by atoms with E-state index in [0.29, 0.717) is 22.7 Å². The minimum atomic E-state index is -2.53. The fraction of sp³-hybridized carbons (Fsp3) is 0.188. The Morgan fingerprint density at radius 1 is 1.29 bits per heavy atom. The van der Waals surface area contributed by atoms with Crippen LogP contribution in [0.25, 0.3) is 0 Å². The van der Waals surface area contributed by atoms with E-state index in [9.17, 15) is 13.6 Å². The maximum absolute atomic E-state index is 11.6. The quantitative estimate of drug-likeness (QED) is 0.733. The molecule has 2 aromatic rings. The Morgan fingerprint density at radius 2 is 1.96 bits per heavy atom. The highest BCUT2D eigenvalue weighted by atomic mass is 32.2. The third-order valence-electron chi connectivity index (χ3n) is 3.38. The second kappa shape index (κ2) is 7.91. The number of rotatable bonds is 7. The molecule has 2 aromatic carbocycles. The van der Waals surface area contributed by atoms with E-state index in [1.54, 1.807) is 48.5 Å². The van der Waals surface area contributed by atoms with Gasteiger partial charge >= 0.3 is 5.97 Å². The van der Waals surface area contributed by atoms with Crippen LogP contribution in [0.15, 0.2) is 48.5 Å². The van der Waals surface area contributed by atoms with Gasteiger partial charge in [0.05, 0.1) is 29.8 Å². The number of nitrogens with zero attached hydrogens (tertiary/aromatic N) is 1. The summed E-state index contributed by atoms with van der Waals surface area (Å²) in [6.07, 6.45) is 0.162. The molecule has 8 heteroatoms. The minimum absolute atomic E-state index is 0.162. The molecule has 128 valence electrons. The first-order valence-electron chi connectivity index (χ1n) is 7.03. The van der Waals surface area contributed by atoms with E-state index in [1.165, 1.54) is 7.11 Å². The molecule has 0 fully saturated rings. The number of hydrogen-bond donors (Lipinski definition) is 2. The number of anilines is 2. The molecule has 0 saturated heterocycles. The molecule has 0 radical (unpaired) electrons. The average molecular weight is 349 g/mol. The topological polar surface area (TPSA) is 116 Å². The van der Waals surface area contributed by atoms with Crippen LogP contribution >= 0.6 is 0 Å². The molecule has 24 heavy (non-hydrogen) atoms. The van der Waals surface area contributed by atoms with Crippen molar-refractivity contribution in [2.75, 3.05) is 11.4 Å². The van der Waals surface area contributed by atoms with Crippen LogP contribution in [0.5, 0.6) is 5.75 Å². The molecule has 0 aliphatic carbocycles. The van der Waals surface area contributed by atoms with E-state index < -0.39 is 23.3 Å². The van der Waals surface area contributed by atoms with Crippen molar-refractivity contribution in [1.29, 1.82) is 0 Å². The Bertz CT molecular complexity index is 736. The van der Waals surface area contributed by atoms with E-state index in [2.05, 4.69) is 0 Å². The van der Waals surface area contributed by atoms with Gasteiger partial charge in [0.1, 0.15) is 11.8 Å². The summed E-state index contributed by atoms with van der Waals surface area (Å²) in [4.78, 5) is 10.8. The number of carboxylic acid groups (broad SMARTS) is 1. The zero-order valence-electron chi connectivity index (χ0n) is 12.9. The number of hydrogen-bond acceptors (Lipinski definition) is 5. The highest BCUT2D eigenvalue weighted by Gasteiger charge is 2.14. The average Bonchev–Trinajstić information content (AvgIpc) is 2.56. The van der Waals surface area contributed by atoms with Crippen molar-refractivity contribution in [3.05, 3.63) is 54.1 Å². The molecule has 2 rings (SSSR count). The van der Waals surface area contributed by atoms with Crippen molar-refractivity contribution in [3.63, 3.8) is 0 Å². The van der Waals surface area contributed by atoms with Crippen LogP contribution in [0.2, 0.25) is 0 Å². The lowest BCUT2D eigenvalue weighted by Crippen LogP contribution is -2.32. The predicted molar refractivity (Wildman–Crippen MR) is 89.8 cm³/mol. The Balaban J connectivity index is 2.28. The van der Waals surface area contributed by atoms with E-state index in [0.717, 1.165) is 4.31 Å². The van der Waals surface area contributed by atoms with Gasteiger partial charge in [-0.15, -0.1) is 0 Å². The van der Waals surface area contributed by atoms with Crippen LogP contribution in [0.4, 0.5) is 11.4 Å². The van der Waals surface area contributed by atoms with Crippen molar-refractivity contribution >= 4 is 28.6 Å². The maximum atomic E-state index is 11.6. The SMILES string of the molecule is COc1cccc(N(c2ccc(C[C@H](N)C(=O)O)cc2)S(=O)[O-])c1. The fourth-order valence-electron chi connectivity index (χ4n) is 2.17. The second-order valence-corrected chi connectivity index (χ2v) is 5.83. The third kappa shape index (κ3) is 4.31. The summed E-state index contributed by atoms with van der Waals surface area (Å²) in [5.74, 6) is -0.551. The molecule has 1 unspecified atom stereocenters. The van der Waals surface area contributed by atoms with Gasteiger partial charge in [-0.1, -0.05) is 18.2 Å². The van der Waals surface area contributed by atoms with Crippen molar-refractivity contribution in [1.82, 2.24) is 0 Å². The third-order valence-corrected chi connectivity index (χ3v) is 4.10. The van der Waals surface area contributed by atoms with Crippen molar-refractivity contribution in [2.24, 2.45) is 5.73 Å². The van der Waals surface area contributed by atoms with Gasteiger partial charge in [0.15, 0.2) is 0 Å². The van der Waals surface area contributed by atoms with Crippen LogP contribution in [-0.4, -0.2) is 33.0 Å². The van der Waals surface area contributed by atoms with E-state index in [1.807, 2.05) is 0 Å².